The van der Waals surface area contributed by atoms with Gasteiger partial charge in [0.05, 0.1) is 13.0 Å². The summed E-state index contributed by atoms with van der Waals surface area (Å²) >= 11 is 0. The number of esters is 1. The number of rotatable bonds is 6. The van der Waals surface area contributed by atoms with Crippen molar-refractivity contribution in [1.82, 2.24) is 0 Å². The molecular weight excluding hydrogens is 432 g/mol. The lowest BCUT2D eigenvalue weighted by molar-refractivity contribution is -0.136. The van der Waals surface area contributed by atoms with Gasteiger partial charge in [0.25, 0.3) is 0 Å². The second-order valence-corrected chi connectivity index (χ2v) is 7.91. The zero-order valence-electron chi connectivity index (χ0n) is 19.1. The molecule has 1 aliphatic rings. The van der Waals surface area contributed by atoms with Crippen molar-refractivity contribution >= 4 is 5.97 Å². The molecule has 1 atom stereocenters. The first-order chi connectivity index (χ1) is 16.4. The molecule has 3 aromatic rings. The van der Waals surface area contributed by atoms with Gasteiger partial charge in [0.15, 0.2) is 6.61 Å². The van der Waals surface area contributed by atoms with Crippen LogP contribution in [-0.2, 0) is 4.79 Å². The van der Waals surface area contributed by atoms with Crippen molar-refractivity contribution in [2.24, 2.45) is 5.73 Å². The fourth-order valence-corrected chi connectivity index (χ4v) is 3.75. The first-order valence-electron chi connectivity index (χ1n) is 10.7. The molecule has 172 valence electrons. The van der Waals surface area contributed by atoms with E-state index < -0.39 is 11.9 Å². The molecule has 0 saturated carbocycles. The fourth-order valence-electron chi connectivity index (χ4n) is 3.75. The summed E-state index contributed by atoms with van der Waals surface area (Å²) in [5, 5.41) is 9.70. The van der Waals surface area contributed by atoms with Crippen LogP contribution in [0, 0.1) is 25.2 Å². The Balaban J connectivity index is 1.53. The van der Waals surface area contributed by atoms with E-state index >= 15 is 0 Å². The summed E-state index contributed by atoms with van der Waals surface area (Å²) in [5.74, 6) is 1.04. The van der Waals surface area contributed by atoms with Crippen LogP contribution in [0.4, 0.5) is 0 Å². The van der Waals surface area contributed by atoms with Crippen molar-refractivity contribution in [3.8, 4) is 29.1 Å². The third-order valence-corrected chi connectivity index (χ3v) is 5.71. The van der Waals surface area contributed by atoms with E-state index in [1.165, 1.54) is 0 Å². The number of benzene rings is 3. The Morgan fingerprint density at radius 1 is 1.00 bits per heavy atom. The van der Waals surface area contributed by atoms with Crippen LogP contribution in [0.3, 0.4) is 0 Å². The average molecular weight is 456 g/mol. The van der Waals surface area contributed by atoms with Gasteiger partial charge in [-0.2, -0.15) is 5.26 Å². The Labute approximate surface area is 197 Å². The second kappa shape index (κ2) is 9.59. The average Bonchev–Trinajstić information content (AvgIpc) is 2.84. The Kier molecular flexibility index (Phi) is 6.42. The standard InChI is InChI=1S/C27H24N2O5/c1-16-4-7-20(12-17(16)2)32-15-25(30)33-21-10-11-22-24(13-21)34-27(29)23(14-28)26(22)18-5-8-19(31-3)9-6-18/h4-13,26H,15,29H2,1-3H3. The Hall–Kier alpha value is -4.44. The molecule has 0 aliphatic carbocycles. The maximum Gasteiger partial charge on any atom is 0.349 e. The minimum atomic E-state index is -0.554. The van der Waals surface area contributed by atoms with Crippen molar-refractivity contribution in [1.29, 1.82) is 5.26 Å². The van der Waals surface area contributed by atoms with E-state index in [1.54, 1.807) is 25.3 Å². The summed E-state index contributed by atoms with van der Waals surface area (Å²) in [6.45, 7) is 3.74. The highest BCUT2D eigenvalue weighted by atomic mass is 16.6. The highest BCUT2D eigenvalue weighted by Gasteiger charge is 2.31. The van der Waals surface area contributed by atoms with Crippen LogP contribution in [0.15, 0.2) is 72.1 Å². The van der Waals surface area contributed by atoms with Gasteiger partial charge >= 0.3 is 5.97 Å². The summed E-state index contributed by atoms with van der Waals surface area (Å²) in [6.07, 6.45) is 0. The first-order valence-corrected chi connectivity index (χ1v) is 10.7. The summed E-state index contributed by atoms with van der Waals surface area (Å²) in [6, 6.07) is 20.2. The summed E-state index contributed by atoms with van der Waals surface area (Å²) in [7, 11) is 1.59. The van der Waals surface area contributed by atoms with Gasteiger partial charge < -0.3 is 24.7 Å². The summed E-state index contributed by atoms with van der Waals surface area (Å²) in [4.78, 5) is 12.3. The number of carbonyl (C=O) groups excluding carboxylic acids is 1. The Bertz CT molecular complexity index is 1310. The molecule has 7 heteroatoms. The van der Waals surface area contributed by atoms with Gasteiger partial charge in [0.2, 0.25) is 5.88 Å². The molecule has 0 saturated heterocycles. The minimum Gasteiger partial charge on any atom is -0.497 e. The van der Waals surface area contributed by atoms with E-state index in [1.807, 2.05) is 56.3 Å². The van der Waals surface area contributed by atoms with Crippen LogP contribution in [0.2, 0.25) is 0 Å². The van der Waals surface area contributed by atoms with E-state index in [0.717, 1.165) is 22.3 Å². The lowest BCUT2D eigenvalue weighted by atomic mass is 9.83. The van der Waals surface area contributed by atoms with Crippen LogP contribution in [0.25, 0.3) is 0 Å². The van der Waals surface area contributed by atoms with Gasteiger partial charge in [-0.15, -0.1) is 0 Å². The van der Waals surface area contributed by atoms with Crippen LogP contribution in [0.5, 0.6) is 23.0 Å². The zero-order valence-corrected chi connectivity index (χ0v) is 19.1. The van der Waals surface area contributed by atoms with Crippen LogP contribution in [-0.4, -0.2) is 19.7 Å². The number of carbonyl (C=O) groups is 1. The predicted octanol–water partition coefficient (Wildman–Crippen LogP) is 4.51. The molecule has 3 aromatic carbocycles. The van der Waals surface area contributed by atoms with Gasteiger partial charge in [-0.1, -0.05) is 24.3 Å². The molecule has 4 rings (SSSR count). The molecule has 34 heavy (non-hydrogen) atoms. The summed E-state index contributed by atoms with van der Waals surface area (Å²) < 4.78 is 21.9. The van der Waals surface area contributed by atoms with Crippen LogP contribution >= 0.6 is 0 Å². The van der Waals surface area contributed by atoms with Gasteiger partial charge in [-0.3, -0.25) is 0 Å². The Morgan fingerprint density at radius 2 is 1.71 bits per heavy atom. The van der Waals surface area contributed by atoms with Gasteiger partial charge in [-0.25, -0.2) is 4.79 Å². The molecule has 2 N–H and O–H groups in total. The largest absolute Gasteiger partial charge is 0.497 e. The minimum absolute atomic E-state index is 0.0115. The molecule has 0 spiro atoms. The molecule has 7 nitrogen and oxygen atoms in total. The van der Waals surface area contributed by atoms with Crippen LogP contribution in [0.1, 0.15) is 28.2 Å². The van der Waals surface area contributed by atoms with E-state index in [9.17, 15) is 10.1 Å². The highest BCUT2D eigenvalue weighted by molar-refractivity contribution is 5.74. The van der Waals surface area contributed by atoms with Crippen molar-refractivity contribution in [2.45, 2.75) is 19.8 Å². The number of nitriles is 1. The monoisotopic (exact) mass is 456 g/mol. The van der Waals surface area contributed by atoms with Crippen molar-refractivity contribution < 1.29 is 23.7 Å². The maximum atomic E-state index is 12.3. The lowest BCUT2D eigenvalue weighted by Gasteiger charge is -2.26. The molecular formula is C27H24N2O5. The normalized spacial score (nSPS) is 14.5. The number of hydrogen-bond donors (Lipinski definition) is 1. The number of ether oxygens (including phenoxy) is 4. The Morgan fingerprint density at radius 3 is 2.38 bits per heavy atom. The number of nitrogens with two attached hydrogens (primary N) is 1. The van der Waals surface area contributed by atoms with E-state index in [4.69, 9.17) is 24.7 Å². The molecule has 0 radical (unpaired) electrons. The van der Waals surface area contributed by atoms with Crippen molar-refractivity contribution in [3.63, 3.8) is 0 Å². The SMILES string of the molecule is COc1ccc(C2C(C#N)=C(N)Oc3cc(OC(=O)COc4ccc(C)c(C)c4)ccc32)cc1. The number of allylic oxidation sites excluding steroid dienone is 1. The number of aryl methyl sites for hydroxylation is 2. The molecule has 0 fully saturated rings. The molecule has 1 unspecified atom stereocenters. The lowest BCUT2D eigenvalue weighted by Crippen LogP contribution is -2.21. The van der Waals surface area contributed by atoms with Crippen molar-refractivity contribution in [2.75, 3.05) is 13.7 Å². The fraction of sp³-hybridized carbons (Fsp3) is 0.185. The molecule has 0 bridgehead atoms. The third kappa shape index (κ3) is 4.66. The number of hydrogen-bond acceptors (Lipinski definition) is 7. The number of nitrogens with zero attached hydrogens (tertiary/aromatic N) is 1. The number of methoxy groups -OCH3 is 1. The predicted molar refractivity (Wildman–Crippen MR) is 126 cm³/mol. The zero-order chi connectivity index (χ0) is 24.2. The quantitative estimate of drug-likeness (QED) is 0.430. The smallest absolute Gasteiger partial charge is 0.349 e. The number of fused-ring (bicyclic) bond motifs is 1. The van der Waals surface area contributed by atoms with E-state index in [2.05, 4.69) is 6.07 Å². The molecule has 0 aromatic heterocycles. The van der Waals surface area contributed by atoms with E-state index in [0.29, 0.717) is 22.8 Å². The maximum absolute atomic E-state index is 12.3. The van der Waals surface area contributed by atoms with Gasteiger partial charge in [0, 0.05) is 11.6 Å². The highest BCUT2D eigenvalue weighted by Crippen LogP contribution is 2.43. The summed E-state index contributed by atoms with van der Waals surface area (Å²) in [5.41, 5.74) is 10.2. The van der Waals surface area contributed by atoms with Gasteiger partial charge in [-0.05, 0) is 60.9 Å². The molecule has 0 amide bonds. The van der Waals surface area contributed by atoms with Gasteiger partial charge in [0.1, 0.15) is 34.6 Å². The topological polar surface area (TPSA) is 104 Å². The van der Waals surface area contributed by atoms with E-state index in [-0.39, 0.29) is 18.2 Å². The van der Waals surface area contributed by atoms with Crippen LogP contribution < -0.4 is 24.7 Å². The molecule has 1 aliphatic heterocycles. The second-order valence-electron chi connectivity index (χ2n) is 7.91. The third-order valence-electron chi connectivity index (χ3n) is 5.71. The molecule has 1 heterocycles. The van der Waals surface area contributed by atoms with Crippen molar-refractivity contribution in [3.05, 3.63) is 94.4 Å². The first kappa shape index (κ1) is 22.7.